The van der Waals surface area contributed by atoms with Crippen molar-refractivity contribution in [1.29, 1.82) is 5.26 Å². The van der Waals surface area contributed by atoms with Gasteiger partial charge in [-0.15, -0.1) is 0 Å². The lowest BCUT2D eigenvalue weighted by atomic mass is 10.0. The number of allylic oxidation sites excluding steroid dienone is 1. The van der Waals surface area contributed by atoms with Gasteiger partial charge in [0, 0.05) is 5.56 Å². The third-order valence-electron chi connectivity index (χ3n) is 4.15. The van der Waals surface area contributed by atoms with Gasteiger partial charge in [-0.1, -0.05) is 36.4 Å². The topological polar surface area (TPSA) is 42.2 Å². The van der Waals surface area contributed by atoms with Crippen LogP contribution in [0.25, 0.3) is 11.6 Å². The monoisotopic (exact) mass is 391 g/mol. The van der Waals surface area contributed by atoms with Crippen LogP contribution in [0.3, 0.4) is 0 Å². The first-order valence-electron chi connectivity index (χ1n) is 9.11. The van der Waals surface area contributed by atoms with E-state index in [1.807, 2.05) is 13.0 Å². The summed E-state index contributed by atoms with van der Waals surface area (Å²) in [6.45, 7) is 2.45. The van der Waals surface area contributed by atoms with Crippen LogP contribution < -0.4 is 9.47 Å². The van der Waals surface area contributed by atoms with Gasteiger partial charge in [0.15, 0.2) is 11.5 Å². The van der Waals surface area contributed by atoms with Crippen molar-refractivity contribution in [3.63, 3.8) is 0 Å². The number of nitriles is 1. The van der Waals surface area contributed by atoms with Crippen LogP contribution >= 0.6 is 0 Å². The Balaban J connectivity index is 1.87. The van der Waals surface area contributed by atoms with Crippen molar-refractivity contribution in [1.82, 2.24) is 0 Å². The van der Waals surface area contributed by atoms with Crippen molar-refractivity contribution in [2.75, 3.05) is 6.61 Å². The third kappa shape index (κ3) is 5.20. The number of benzene rings is 3. The molecule has 0 N–H and O–H groups in total. The van der Waals surface area contributed by atoms with Crippen molar-refractivity contribution < 1.29 is 18.3 Å². The Morgan fingerprint density at radius 2 is 1.79 bits per heavy atom. The van der Waals surface area contributed by atoms with E-state index in [4.69, 9.17) is 9.47 Å². The smallest absolute Gasteiger partial charge is 0.161 e. The Bertz CT molecular complexity index is 1070. The van der Waals surface area contributed by atoms with Crippen molar-refractivity contribution in [3.8, 4) is 17.6 Å². The summed E-state index contributed by atoms with van der Waals surface area (Å²) in [6, 6.07) is 19.5. The summed E-state index contributed by atoms with van der Waals surface area (Å²) in [5.74, 6) is 0.204. The van der Waals surface area contributed by atoms with Gasteiger partial charge in [0.05, 0.1) is 18.2 Å². The zero-order valence-corrected chi connectivity index (χ0v) is 15.9. The molecule has 3 nitrogen and oxygen atoms in total. The zero-order chi connectivity index (χ0) is 20.6. The Kier molecular flexibility index (Phi) is 6.59. The van der Waals surface area contributed by atoms with Crippen LogP contribution in [0.5, 0.6) is 11.5 Å². The van der Waals surface area contributed by atoms with Gasteiger partial charge in [-0.3, -0.25) is 0 Å². The van der Waals surface area contributed by atoms with E-state index in [-0.39, 0.29) is 23.6 Å². The Morgan fingerprint density at radius 1 is 0.966 bits per heavy atom. The first-order chi connectivity index (χ1) is 14.1. The van der Waals surface area contributed by atoms with Crippen molar-refractivity contribution in [2.24, 2.45) is 0 Å². The molecule has 0 aliphatic rings. The van der Waals surface area contributed by atoms with Gasteiger partial charge < -0.3 is 9.47 Å². The molecular weight excluding hydrogens is 372 g/mol. The Morgan fingerprint density at radius 3 is 2.52 bits per heavy atom. The average molecular weight is 391 g/mol. The summed E-state index contributed by atoms with van der Waals surface area (Å²) in [7, 11) is 0. The molecule has 0 saturated carbocycles. The number of rotatable bonds is 7. The van der Waals surface area contributed by atoms with Gasteiger partial charge in [-0.25, -0.2) is 8.78 Å². The zero-order valence-electron chi connectivity index (χ0n) is 15.9. The van der Waals surface area contributed by atoms with E-state index in [0.29, 0.717) is 29.2 Å². The van der Waals surface area contributed by atoms with Crippen LogP contribution in [0.1, 0.15) is 23.6 Å². The standard InChI is InChI=1S/C24H19F2NO2/c1-2-28-24-14-17(12-19(15-27)21-8-3-4-9-22(21)26)10-11-23(24)29-16-18-6-5-7-20(25)13-18/h3-14H,2,16H2,1H3/b19-12-. The minimum Gasteiger partial charge on any atom is -0.490 e. The summed E-state index contributed by atoms with van der Waals surface area (Å²) in [5.41, 5.74) is 1.81. The first kappa shape index (κ1) is 20.1. The molecule has 0 spiro atoms. The average Bonchev–Trinajstić information content (AvgIpc) is 2.72. The molecule has 5 heteroatoms. The number of ether oxygens (including phenoxy) is 2. The quantitative estimate of drug-likeness (QED) is 0.366. The molecule has 0 bridgehead atoms. The first-order valence-corrected chi connectivity index (χ1v) is 9.11. The summed E-state index contributed by atoms with van der Waals surface area (Å²) in [4.78, 5) is 0. The minimum atomic E-state index is -0.458. The maximum Gasteiger partial charge on any atom is 0.161 e. The molecule has 3 aromatic carbocycles. The molecule has 0 amide bonds. The molecule has 0 atom stereocenters. The molecule has 0 radical (unpaired) electrons. The molecule has 29 heavy (non-hydrogen) atoms. The SMILES string of the molecule is CCOc1cc(/C=C(/C#N)c2ccccc2F)ccc1OCc1cccc(F)c1. The number of nitrogens with zero attached hydrogens (tertiary/aromatic N) is 1. The molecule has 0 fully saturated rings. The fourth-order valence-corrected chi connectivity index (χ4v) is 2.81. The van der Waals surface area contributed by atoms with Crippen LogP contribution in [0.4, 0.5) is 8.78 Å². The van der Waals surface area contributed by atoms with Crippen LogP contribution in [-0.2, 0) is 6.61 Å². The highest BCUT2D eigenvalue weighted by atomic mass is 19.1. The molecular formula is C24H19F2NO2. The number of hydrogen-bond acceptors (Lipinski definition) is 3. The molecule has 3 aromatic rings. The van der Waals surface area contributed by atoms with Crippen molar-refractivity contribution in [2.45, 2.75) is 13.5 Å². The van der Waals surface area contributed by atoms with E-state index in [1.54, 1.807) is 54.6 Å². The summed E-state index contributed by atoms with van der Waals surface area (Å²) >= 11 is 0. The largest absolute Gasteiger partial charge is 0.490 e. The fraction of sp³-hybridized carbons (Fsp3) is 0.125. The lowest BCUT2D eigenvalue weighted by molar-refractivity contribution is 0.269. The maximum absolute atomic E-state index is 14.0. The van der Waals surface area contributed by atoms with Crippen LogP contribution in [0, 0.1) is 23.0 Å². The van der Waals surface area contributed by atoms with Crippen molar-refractivity contribution in [3.05, 3.63) is 95.1 Å². The van der Waals surface area contributed by atoms with E-state index in [2.05, 4.69) is 0 Å². The van der Waals surface area contributed by atoms with Gasteiger partial charge in [0.2, 0.25) is 0 Å². The molecule has 0 saturated heterocycles. The predicted molar refractivity (Wildman–Crippen MR) is 108 cm³/mol. The molecule has 0 unspecified atom stereocenters. The van der Waals surface area contributed by atoms with E-state index in [9.17, 15) is 14.0 Å². The van der Waals surface area contributed by atoms with E-state index in [0.717, 1.165) is 0 Å². The van der Waals surface area contributed by atoms with Crippen LogP contribution in [0.15, 0.2) is 66.7 Å². The van der Waals surface area contributed by atoms with Gasteiger partial charge in [0.1, 0.15) is 18.2 Å². The number of hydrogen-bond donors (Lipinski definition) is 0. The summed E-state index contributed by atoms with van der Waals surface area (Å²) in [5, 5.41) is 9.45. The second-order valence-corrected chi connectivity index (χ2v) is 6.21. The highest BCUT2D eigenvalue weighted by Gasteiger charge is 2.10. The highest BCUT2D eigenvalue weighted by Crippen LogP contribution is 2.31. The Hall–Kier alpha value is -3.65. The molecule has 0 aromatic heterocycles. The maximum atomic E-state index is 14.0. The molecule has 3 rings (SSSR count). The molecule has 146 valence electrons. The summed E-state index contributed by atoms with van der Waals surface area (Å²) < 4.78 is 38.8. The highest BCUT2D eigenvalue weighted by molar-refractivity contribution is 5.90. The lowest BCUT2D eigenvalue weighted by Crippen LogP contribution is -2.00. The van der Waals surface area contributed by atoms with E-state index < -0.39 is 5.82 Å². The molecule has 0 aliphatic heterocycles. The van der Waals surface area contributed by atoms with Gasteiger partial charge >= 0.3 is 0 Å². The van der Waals surface area contributed by atoms with E-state index in [1.165, 1.54) is 18.2 Å². The second kappa shape index (κ2) is 9.52. The normalized spacial score (nSPS) is 11.0. The van der Waals surface area contributed by atoms with Gasteiger partial charge in [-0.05, 0) is 54.5 Å². The molecule has 0 aliphatic carbocycles. The Labute approximate surface area is 168 Å². The predicted octanol–water partition coefficient (Wildman–Crippen LogP) is 6.01. The molecule has 0 heterocycles. The third-order valence-corrected chi connectivity index (χ3v) is 4.15. The van der Waals surface area contributed by atoms with Crippen molar-refractivity contribution >= 4 is 11.6 Å². The number of halogens is 2. The lowest BCUT2D eigenvalue weighted by Gasteiger charge is -2.13. The van der Waals surface area contributed by atoms with Crippen LogP contribution in [-0.4, -0.2) is 6.61 Å². The minimum absolute atomic E-state index is 0.186. The van der Waals surface area contributed by atoms with Gasteiger partial charge in [-0.2, -0.15) is 5.26 Å². The van der Waals surface area contributed by atoms with Gasteiger partial charge in [0.25, 0.3) is 0 Å². The van der Waals surface area contributed by atoms with E-state index >= 15 is 0 Å². The summed E-state index contributed by atoms with van der Waals surface area (Å²) in [6.07, 6.45) is 1.59. The fourth-order valence-electron chi connectivity index (χ4n) is 2.81. The van der Waals surface area contributed by atoms with Crippen LogP contribution in [0.2, 0.25) is 0 Å². The second-order valence-electron chi connectivity index (χ2n) is 6.21.